The number of methoxy groups -OCH3 is 1. The van der Waals surface area contributed by atoms with Crippen LogP contribution in [0.5, 0.6) is 11.5 Å². The van der Waals surface area contributed by atoms with Crippen molar-refractivity contribution in [3.05, 3.63) is 59.4 Å². The molecule has 0 radical (unpaired) electrons. The first-order valence-corrected chi connectivity index (χ1v) is 7.43. The average molecular weight is 331 g/mol. The van der Waals surface area contributed by atoms with Crippen LogP contribution in [0.1, 0.15) is 18.9 Å². The second-order valence-electron chi connectivity index (χ2n) is 4.89. The Balaban J connectivity index is 1.72. The van der Waals surface area contributed by atoms with Gasteiger partial charge in [0.05, 0.1) is 7.11 Å². The number of nitrogens with zero attached hydrogens (tertiary/aromatic N) is 2. The number of halogens is 1. The van der Waals surface area contributed by atoms with Crippen LogP contribution in [0.25, 0.3) is 11.5 Å². The number of hydrogen-bond acceptors (Lipinski definition) is 5. The summed E-state index contributed by atoms with van der Waals surface area (Å²) in [5.41, 5.74) is 0.810. The molecule has 0 aliphatic carbocycles. The Labute approximate surface area is 138 Å². The lowest BCUT2D eigenvalue weighted by Gasteiger charge is -2.11. The summed E-state index contributed by atoms with van der Waals surface area (Å²) < 4.78 is 16.6. The summed E-state index contributed by atoms with van der Waals surface area (Å²) >= 11 is 5.87. The van der Waals surface area contributed by atoms with E-state index in [4.69, 9.17) is 25.5 Å². The lowest BCUT2D eigenvalue weighted by molar-refractivity contribution is 0.189. The van der Waals surface area contributed by atoms with Crippen molar-refractivity contribution < 1.29 is 13.9 Å². The Kier molecular flexibility index (Phi) is 4.48. The first kappa shape index (κ1) is 15.4. The van der Waals surface area contributed by atoms with E-state index in [9.17, 15) is 0 Å². The normalized spacial score (nSPS) is 12.0. The molecule has 5 nitrogen and oxygen atoms in total. The summed E-state index contributed by atoms with van der Waals surface area (Å²) in [6.45, 7) is 1.85. The first-order valence-electron chi connectivity index (χ1n) is 7.06. The van der Waals surface area contributed by atoms with Crippen molar-refractivity contribution in [2.24, 2.45) is 0 Å². The minimum absolute atomic E-state index is 0.364. The minimum Gasteiger partial charge on any atom is -0.497 e. The summed E-state index contributed by atoms with van der Waals surface area (Å²) in [6.07, 6.45) is -0.364. The fourth-order valence-corrected chi connectivity index (χ4v) is 2.14. The number of benzene rings is 2. The van der Waals surface area contributed by atoms with Gasteiger partial charge in [-0.3, -0.25) is 0 Å². The molecule has 6 heteroatoms. The molecule has 0 fully saturated rings. The fraction of sp³-hybridized carbons (Fsp3) is 0.176. The van der Waals surface area contributed by atoms with Crippen LogP contribution in [-0.4, -0.2) is 17.3 Å². The summed E-state index contributed by atoms with van der Waals surface area (Å²) in [6, 6.07) is 14.5. The van der Waals surface area contributed by atoms with Gasteiger partial charge in [0.2, 0.25) is 5.89 Å². The zero-order chi connectivity index (χ0) is 16.2. The van der Waals surface area contributed by atoms with Crippen LogP contribution in [0.15, 0.2) is 52.9 Å². The molecule has 3 rings (SSSR count). The molecule has 118 valence electrons. The minimum atomic E-state index is -0.364. The molecular weight excluding hydrogens is 316 g/mol. The molecule has 1 atom stereocenters. The van der Waals surface area contributed by atoms with Crippen molar-refractivity contribution in [3.63, 3.8) is 0 Å². The molecule has 0 aliphatic rings. The summed E-state index contributed by atoms with van der Waals surface area (Å²) in [5.74, 6) is 2.31. The number of hydrogen-bond donors (Lipinski definition) is 0. The van der Waals surface area contributed by atoms with E-state index in [2.05, 4.69) is 10.2 Å². The quantitative estimate of drug-likeness (QED) is 0.687. The van der Waals surface area contributed by atoms with E-state index in [1.54, 1.807) is 19.2 Å². The largest absolute Gasteiger partial charge is 0.497 e. The smallest absolute Gasteiger partial charge is 0.257 e. The van der Waals surface area contributed by atoms with E-state index >= 15 is 0 Å². The summed E-state index contributed by atoms with van der Waals surface area (Å²) in [5, 5.41) is 8.75. The van der Waals surface area contributed by atoms with Crippen LogP contribution in [0.4, 0.5) is 0 Å². The molecule has 0 saturated carbocycles. The third-order valence-electron chi connectivity index (χ3n) is 3.25. The second kappa shape index (κ2) is 6.71. The van der Waals surface area contributed by atoms with E-state index in [-0.39, 0.29) is 6.10 Å². The van der Waals surface area contributed by atoms with Gasteiger partial charge in [-0.15, -0.1) is 10.2 Å². The van der Waals surface area contributed by atoms with E-state index in [1.807, 2.05) is 43.3 Å². The number of ether oxygens (including phenoxy) is 2. The Morgan fingerprint density at radius 3 is 2.26 bits per heavy atom. The standard InChI is InChI=1S/C17H15ClN2O3/c1-11(22-15-9-7-14(21-2)8-10-15)16-19-20-17(23-16)12-3-5-13(18)6-4-12/h3-11H,1-2H3. The highest BCUT2D eigenvalue weighted by molar-refractivity contribution is 6.30. The van der Waals surface area contributed by atoms with Crippen molar-refractivity contribution >= 4 is 11.6 Å². The highest BCUT2D eigenvalue weighted by Crippen LogP contribution is 2.26. The lowest BCUT2D eigenvalue weighted by Crippen LogP contribution is -2.03. The highest BCUT2D eigenvalue weighted by Gasteiger charge is 2.16. The predicted molar refractivity (Wildman–Crippen MR) is 86.8 cm³/mol. The Morgan fingerprint density at radius 1 is 0.957 bits per heavy atom. The van der Waals surface area contributed by atoms with Gasteiger partial charge < -0.3 is 13.9 Å². The van der Waals surface area contributed by atoms with Crippen molar-refractivity contribution in [1.29, 1.82) is 0 Å². The molecule has 0 saturated heterocycles. The summed E-state index contributed by atoms with van der Waals surface area (Å²) in [4.78, 5) is 0. The van der Waals surface area contributed by atoms with Crippen LogP contribution in [0, 0.1) is 0 Å². The van der Waals surface area contributed by atoms with Crippen LogP contribution >= 0.6 is 11.6 Å². The third-order valence-corrected chi connectivity index (χ3v) is 3.50. The molecule has 1 aromatic heterocycles. The van der Waals surface area contributed by atoms with Crippen molar-refractivity contribution in [3.8, 4) is 23.0 Å². The van der Waals surface area contributed by atoms with Gasteiger partial charge in [0.15, 0.2) is 6.10 Å². The van der Waals surface area contributed by atoms with Crippen LogP contribution < -0.4 is 9.47 Å². The van der Waals surface area contributed by atoms with Gasteiger partial charge in [0, 0.05) is 10.6 Å². The number of aromatic nitrogens is 2. The molecule has 0 N–H and O–H groups in total. The third kappa shape index (κ3) is 3.63. The summed E-state index contributed by atoms with van der Waals surface area (Å²) in [7, 11) is 1.62. The fourth-order valence-electron chi connectivity index (χ4n) is 2.02. The molecule has 0 bridgehead atoms. The number of rotatable bonds is 5. The maximum Gasteiger partial charge on any atom is 0.257 e. The van der Waals surface area contributed by atoms with Crippen LogP contribution in [0.2, 0.25) is 5.02 Å². The highest BCUT2D eigenvalue weighted by atomic mass is 35.5. The molecule has 23 heavy (non-hydrogen) atoms. The Hall–Kier alpha value is -2.53. The van der Waals surface area contributed by atoms with Crippen molar-refractivity contribution in [1.82, 2.24) is 10.2 Å². The molecule has 0 amide bonds. The first-order chi connectivity index (χ1) is 11.2. The lowest BCUT2D eigenvalue weighted by atomic mass is 10.2. The molecule has 0 spiro atoms. The van der Waals surface area contributed by atoms with Gasteiger partial charge in [-0.1, -0.05) is 11.6 Å². The van der Waals surface area contributed by atoms with Gasteiger partial charge in [0.1, 0.15) is 11.5 Å². The maximum absolute atomic E-state index is 5.87. The van der Waals surface area contributed by atoms with Gasteiger partial charge in [0.25, 0.3) is 5.89 Å². The molecule has 0 aliphatic heterocycles. The molecular formula is C17H15ClN2O3. The van der Waals surface area contributed by atoms with E-state index < -0.39 is 0 Å². The van der Waals surface area contributed by atoms with E-state index in [0.717, 1.165) is 11.3 Å². The zero-order valence-corrected chi connectivity index (χ0v) is 13.4. The van der Waals surface area contributed by atoms with E-state index in [1.165, 1.54) is 0 Å². The predicted octanol–water partition coefficient (Wildman–Crippen LogP) is 4.54. The van der Waals surface area contributed by atoms with Gasteiger partial charge in [-0.2, -0.15) is 0 Å². The molecule has 1 unspecified atom stereocenters. The SMILES string of the molecule is COc1ccc(OC(C)c2nnc(-c3ccc(Cl)cc3)o2)cc1. The van der Waals surface area contributed by atoms with Crippen molar-refractivity contribution in [2.45, 2.75) is 13.0 Å². The molecule has 1 heterocycles. The Bertz CT molecular complexity index is 769. The monoisotopic (exact) mass is 330 g/mol. The van der Waals surface area contributed by atoms with Gasteiger partial charge in [-0.25, -0.2) is 0 Å². The molecule has 3 aromatic rings. The Morgan fingerprint density at radius 2 is 1.61 bits per heavy atom. The molecule has 2 aromatic carbocycles. The maximum atomic E-state index is 5.87. The zero-order valence-electron chi connectivity index (χ0n) is 12.7. The topological polar surface area (TPSA) is 57.4 Å². The van der Waals surface area contributed by atoms with Gasteiger partial charge >= 0.3 is 0 Å². The van der Waals surface area contributed by atoms with Crippen LogP contribution in [0.3, 0.4) is 0 Å². The van der Waals surface area contributed by atoms with Crippen LogP contribution in [-0.2, 0) is 0 Å². The van der Waals surface area contributed by atoms with Crippen molar-refractivity contribution in [2.75, 3.05) is 7.11 Å². The van der Waals surface area contributed by atoms with E-state index in [0.29, 0.717) is 22.6 Å². The van der Waals surface area contributed by atoms with Gasteiger partial charge in [-0.05, 0) is 55.5 Å². The average Bonchev–Trinajstić information content (AvgIpc) is 3.06. The second-order valence-corrected chi connectivity index (χ2v) is 5.32.